The molecule has 0 saturated carbocycles. The molecule has 2 unspecified atom stereocenters. The van der Waals surface area contributed by atoms with Crippen molar-refractivity contribution in [1.29, 1.82) is 0 Å². The van der Waals surface area contributed by atoms with Gasteiger partial charge >= 0.3 is 0 Å². The van der Waals surface area contributed by atoms with Crippen LogP contribution in [0.25, 0.3) is 0 Å². The lowest BCUT2D eigenvalue weighted by molar-refractivity contribution is -0.0205. The zero-order valence-electron chi connectivity index (χ0n) is 8.47. The fraction of sp³-hybridized carbons (Fsp3) is 1.00. The molecule has 0 aliphatic carbocycles. The quantitative estimate of drug-likeness (QED) is 0.699. The van der Waals surface area contributed by atoms with Crippen LogP contribution in [0.5, 0.6) is 0 Å². The van der Waals surface area contributed by atoms with Gasteiger partial charge in [0.1, 0.15) is 0 Å². The monoisotopic (exact) mass is 171 g/mol. The highest BCUT2D eigenvalue weighted by atomic mass is 16.5. The first kappa shape index (κ1) is 10.0. The highest BCUT2D eigenvalue weighted by molar-refractivity contribution is 4.74. The second kappa shape index (κ2) is 4.83. The summed E-state index contributed by atoms with van der Waals surface area (Å²) in [7, 11) is 0. The molecule has 1 rings (SSSR count). The molecule has 1 N–H and O–H groups in total. The van der Waals surface area contributed by atoms with Crippen LogP contribution in [-0.2, 0) is 4.74 Å². The van der Waals surface area contributed by atoms with Crippen molar-refractivity contribution in [3.63, 3.8) is 0 Å². The Hall–Kier alpha value is -0.0800. The topological polar surface area (TPSA) is 21.3 Å². The van der Waals surface area contributed by atoms with Crippen LogP contribution in [0.15, 0.2) is 0 Å². The number of hydrogen-bond donors (Lipinski definition) is 1. The van der Waals surface area contributed by atoms with Gasteiger partial charge in [-0.1, -0.05) is 0 Å². The first-order chi connectivity index (χ1) is 5.70. The Balaban J connectivity index is 2.24. The number of ether oxygens (including phenoxy) is 1. The molecule has 2 heteroatoms. The molecule has 1 saturated heterocycles. The maximum atomic E-state index is 5.75. The molecule has 0 amide bonds. The molecule has 1 aliphatic rings. The molecular formula is C10H21NO. The Bertz CT molecular complexity index is 119. The molecule has 0 bridgehead atoms. The van der Waals surface area contributed by atoms with Crippen LogP contribution in [0.2, 0.25) is 0 Å². The summed E-state index contributed by atoms with van der Waals surface area (Å²) in [6.07, 6.45) is 3.40. The molecule has 0 aromatic heterocycles. The zero-order chi connectivity index (χ0) is 8.97. The van der Waals surface area contributed by atoms with Crippen LogP contribution in [0.4, 0.5) is 0 Å². The van der Waals surface area contributed by atoms with Gasteiger partial charge in [0, 0.05) is 6.54 Å². The Morgan fingerprint density at radius 1 is 1.33 bits per heavy atom. The number of nitrogens with one attached hydrogen (secondary N) is 1. The summed E-state index contributed by atoms with van der Waals surface area (Å²) in [4.78, 5) is 0. The highest BCUT2D eigenvalue weighted by Crippen LogP contribution is 2.17. The Morgan fingerprint density at radius 3 is 2.58 bits per heavy atom. The first-order valence-corrected chi connectivity index (χ1v) is 5.06. The maximum absolute atomic E-state index is 5.75. The molecule has 0 radical (unpaired) electrons. The van der Waals surface area contributed by atoms with Gasteiger partial charge in [-0.05, 0) is 46.1 Å². The minimum absolute atomic E-state index is 0.363. The van der Waals surface area contributed by atoms with Gasteiger partial charge in [0.05, 0.1) is 12.2 Å². The third-order valence-corrected chi connectivity index (χ3v) is 2.49. The Kier molecular flexibility index (Phi) is 4.02. The molecule has 0 aromatic carbocycles. The van der Waals surface area contributed by atoms with Gasteiger partial charge in [-0.15, -0.1) is 0 Å². The minimum atomic E-state index is 0.363. The summed E-state index contributed by atoms with van der Waals surface area (Å²) in [6, 6.07) is 0. The van der Waals surface area contributed by atoms with Gasteiger partial charge in [-0.25, -0.2) is 0 Å². The predicted octanol–water partition coefficient (Wildman–Crippen LogP) is 1.80. The largest absolute Gasteiger partial charge is 0.376 e. The van der Waals surface area contributed by atoms with E-state index in [4.69, 9.17) is 4.74 Å². The van der Waals surface area contributed by atoms with E-state index < -0.39 is 0 Å². The van der Waals surface area contributed by atoms with Gasteiger partial charge in [0.25, 0.3) is 0 Å². The van der Waals surface area contributed by atoms with Crippen molar-refractivity contribution in [2.45, 2.75) is 45.8 Å². The SMILES string of the molecule is CC(C)OC(C)C1CCCNC1. The van der Waals surface area contributed by atoms with E-state index in [1.807, 2.05) is 0 Å². The molecule has 1 aliphatic heterocycles. The Morgan fingerprint density at radius 2 is 2.08 bits per heavy atom. The van der Waals surface area contributed by atoms with Crippen molar-refractivity contribution in [3.8, 4) is 0 Å². The third kappa shape index (κ3) is 3.11. The highest BCUT2D eigenvalue weighted by Gasteiger charge is 2.20. The standard InChI is InChI=1S/C10H21NO/c1-8(2)12-9(3)10-5-4-6-11-7-10/h8-11H,4-7H2,1-3H3. The van der Waals surface area contributed by atoms with E-state index in [1.54, 1.807) is 0 Å². The maximum Gasteiger partial charge on any atom is 0.0590 e. The van der Waals surface area contributed by atoms with E-state index in [9.17, 15) is 0 Å². The molecule has 2 atom stereocenters. The van der Waals surface area contributed by atoms with Gasteiger partial charge < -0.3 is 10.1 Å². The van der Waals surface area contributed by atoms with E-state index in [-0.39, 0.29) is 0 Å². The number of hydrogen-bond acceptors (Lipinski definition) is 2. The third-order valence-electron chi connectivity index (χ3n) is 2.49. The van der Waals surface area contributed by atoms with Gasteiger partial charge in [-0.3, -0.25) is 0 Å². The summed E-state index contributed by atoms with van der Waals surface area (Å²) in [5.41, 5.74) is 0. The summed E-state index contributed by atoms with van der Waals surface area (Å²) in [5.74, 6) is 0.723. The van der Waals surface area contributed by atoms with E-state index >= 15 is 0 Å². The predicted molar refractivity (Wildman–Crippen MR) is 51.3 cm³/mol. The van der Waals surface area contributed by atoms with Crippen LogP contribution < -0.4 is 5.32 Å². The van der Waals surface area contributed by atoms with Crippen molar-refractivity contribution < 1.29 is 4.74 Å². The fourth-order valence-electron chi connectivity index (χ4n) is 1.82. The van der Waals surface area contributed by atoms with Crippen LogP contribution in [0, 0.1) is 5.92 Å². The second-order valence-corrected chi connectivity index (χ2v) is 4.00. The van der Waals surface area contributed by atoms with Gasteiger partial charge in [-0.2, -0.15) is 0 Å². The molecule has 2 nitrogen and oxygen atoms in total. The molecule has 0 aromatic rings. The van der Waals surface area contributed by atoms with Crippen molar-refractivity contribution >= 4 is 0 Å². The van der Waals surface area contributed by atoms with E-state index in [0.29, 0.717) is 12.2 Å². The van der Waals surface area contributed by atoms with Crippen molar-refractivity contribution in [2.24, 2.45) is 5.92 Å². The molecule has 0 spiro atoms. The lowest BCUT2D eigenvalue weighted by atomic mass is 9.94. The molecule has 1 heterocycles. The number of piperidine rings is 1. The van der Waals surface area contributed by atoms with Crippen LogP contribution in [-0.4, -0.2) is 25.3 Å². The smallest absolute Gasteiger partial charge is 0.0590 e. The summed E-state index contributed by atoms with van der Waals surface area (Å²) in [6.45, 7) is 8.72. The average molecular weight is 171 g/mol. The average Bonchev–Trinajstić information content (AvgIpc) is 2.05. The van der Waals surface area contributed by atoms with Crippen molar-refractivity contribution in [3.05, 3.63) is 0 Å². The van der Waals surface area contributed by atoms with E-state index in [2.05, 4.69) is 26.1 Å². The van der Waals surface area contributed by atoms with Crippen LogP contribution in [0.1, 0.15) is 33.6 Å². The van der Waals surface area contributed by atoms with E-state index in [0.717, 1.165) is 12.5 Å². The Labute approximate surface area is 75.7 Å². The summed E-state index contributed by atoms with van der Waals surface area (Å²) < 4.78 is 5.75. The van der Waals surface area contributed by atoms with E-state index in [1.165, 1.54) is 19.4 Å². The van der Waals surface area contributed by atoms with Crippen molar-refractivity contribution in [2.75, 3.05) is 13.1 Å². The lowest BCUT2D eigenvalue weighted by Gasteiger charge is -2.29. The molecule has 1 fully saturated rings. The normalized spacial score (nSPS) is 27.5. The van der Waals surface area contributed by atoms with Crippen LogP contribution >= 0.6 is 0 Å². The minimum Gasteiger partial charge on any atom is -0.376 e. The summed E-state index contributed by atoms with van der Waals surface area (Å²) in [5, 5.41) is 3.41. The van der Waals surface area contributed by atoms with Crippen LogP contribution in [0.3, 0.4) is 0 Å². The number of rotatable bonds is 3. The molecule has 72 valence electrons. The van der Waals surface area contributed by atoms with Gasteiger partial charge in [0.2, 0.25) is 0 Å². The lowest BCUT2D eigenvalue weighted by Crippen LogP contribution is -2.37. The fourth-order valence-corrected chi connectivity index (χ4v) is 1.82. The van der Waals surface area contributed by atoms with Crippen molar-refractivity contribution in [1.82, 2.24) is 5.32 Å². The van der Waals surface area contributed by atoms with Gasteiger partial charge in [0.15, 0.2) is 0 Å². The molecule has 12 heavy (non-hydrogen) atoms. The molecular weight excluding hydrogens is 150 g/mol. The first-order valence-electron chi connectivity index (χ1n) is 5.06. The second-order valence-electron chi connectivity index (χ2n) is 4.00. The summed E-state index contributed by atoms with van der Waals surface area (Å²) >= 11 is 0. The zero-order valence-corrected chi connectivity index (χ0v) is 8.47.